The molecule has 0 spiro atoms. The molecule has 0 radical (unpaired) electrons. The van der Waals surface area contributed by atoms with Gasteiger partial charge in [0, 0.05) is 55.9 Å². The number of benzene rings is 2. The molecule has 0 bridgehead atoms. The lowest BCUT2D eigenvalue weighted by Gasteiger charge is -2.41. The number of hydrogen-bond acceptors (Lipinski definition) is 8. The molecular formula is C24H27N7O2. The van der Waals surface area contributed by atoms with Crippen LogP contribution in [-0.2, 0) is 0 Å². The third-order valence-corrected chi connectivity index (χ3v) is 5.88. The predicted octanol–water partition coefficient (Wildman–Crippen LogP) is 3.38. The number of nitrogens with one attached hydrogen (secondary N) is 1. The summed E-state index contributed by atoms with van der Waals surface area (Å²) in [6.45, 7) is 2.72. The zero-order valence-electron chi connectivity index (χ0n) is 19.0. The van der Waals surface area contributed by atoms with Crippen molar-refractivity contribution in [3.05, 3.63) is 66.5 Å². The summed E-state index contributed by atoms with van der Waals surface area (Å²) in [5.74, 6) is 2.67. The van der Waals surface area contributed by atoms with Crippen LogP contribution in [0.25, 0.3) is 5.65 Å². The lowest BCUT2D eigenvalue weighted by Crippen LogP contribution is -2.47. The number of methoxy groups -OCH3 is 2. The predicted molar refractivity (Wildman–Crippen MR) is 128 cm³/mol. The van der Waals surface area contributed by atoms with Crippen LogP contribution in [0.5, 0.6) is 11.5 Å². The monoisotopic (exact) mass is 445 g/mol. The van der Waals surface area contributed by atoms with Crippen molar-refractivity contribution in [1.82, 2.24) is 24.5 Å². The molecule has 1 atom stereocenters. The molecule has 1 N–H and O–H groups in total. The highest BCUT2D eigenvalue weighted by atomic mass is 16.5. The molecule has 2 aromatic carbocycles. The van der Waals surface area contributed by atoms with Gasteiger partial charge in [-0.25, -0.2) is 9.50 Å². The van der Waals surface area contributed by atoms with Crippen LogP contribution >= 0.6 is 0 Å². The third-order valence-electron chi connectivity index (χ3n) is 5.88. The zero-order chi connectivity index (χ0) is 22.8. The van der Waals surface area contributed by atoms with Crippen molar-refractivity contribution >= 4 is 23.1 Å². The van der Waals surface area contributed by atoms with E-state index >= 15 is 0 Å². The number of anilines is 3. The molecule has 5 rings (SSSR count). The van der Waals surface area contributed by atoms with Crippen LogP contribution in [0.15, 0.2) is 60.9 Å². The molecule has 1 fully saturated rings. The molecule has 9 heteroatoms. The Labute approximate surface area is 192 Å². The molecule has 2 aromatic heterocycles. The zero-order valence-corrected chi connectivity index (χ0v) is 19.0. The molecule has 9 nitrogen and oxygen atoms in total. The molecule has 0 aliphatic carbocycles. The summed E-state index contributed by atoms with van der Waals surface area (Å²) in [7, 11) is 5.40. The second kappa shape index (κ2) is 8.95. The van der Waals surface area contributed by atoms with E-state index in [4.69, 9.17) is 19.4 Å². The second-order valence-corrected chi connectivity index (χ2v) is 8.06. The fourth-order valence-electron chi connectivity index (χ4n) is 4.20. The number of nitrogens with zero attached hydrogens (tertiary/aromatic N) is 6. The van der Waals surface area contributed by atoms with Crippen LogP contribution in [0.2, 0.25) is 0 Å². The highest BCUT2D eigenvalue weighted by molar-refractivity contribution is 5.68. The van der Waals surface area contributed by atoms with Gasteiger partial charge in [-0.15, -0.1) is 5.10 Å². The van der Waals surface area contributed by atoms with Crippen LogP contribution in [0.1, 0.15) is 11.6 Å². The SMILES string of the molecule is COc1cc(Nc2nc3c(N4CCN(C)CC4c4ccccc4)nccn3n2)cc(OC)c1. The second-order valence-electron chi connectivity index (χ2n) is 8.06. The van der Waals surface area contributed by atoms with Crippen LogP contribution in [0.3, 0.4) is 0 Å². The van der Waals surface area contributed by atoms with Gasteiger partial charge < -0.3 is 24.6 Å². The Morgan fingerprint density at radius 2 is 1.76 bits per heavy atom. The Morgan fingerprint density at radius 3 is 2.48 bits per heavy atom. The average molecular weight is 446 g/mol. The molecule has 0 saturated carbocycles. The number of piperazine rings is 1. The number of rotatable bonds is 6. The Hall–Kier alpha value is -3.85. The van der Waals surface area contributed by atoms with Gasteiger partial charge in [0.05, 0.1) is 20.3 Å². The fraction of sp³-hybridized carbons (Fsp3) is 0.292. The Bertz CT molecular complexity index is 1220. The summed E-state index contributed by atoms with van der Waals surface area (Å²) in [4.78, 5) is 14.2. The fourth-order valence-corrected chi connectivity index (χ4v) is 4.20. The Morgan fingerprint density at radius 1 is 1.00 bits per heavy atom. The number of aromatic nitrogens is 4. The molecule has 0 amide bonds. The van der Waals surface area contributed by atoms with Crippen LogP contribution in [0.4, 0.5) is 17.5 Å². The highest BCUT2D eigenvalue weighted by Crippen LogP contribution is 2.32. The van der Waals surface area contributed by atoms with E-state index in [0.29, 0.717) is 23.1 Å². The minimum atomic E-state index is 0.180. The first kappa shape index (κ1) is 21.0. The maximum absolute atomic E-state index is 5.37. The van der Waals surface area contributed by atoms with E-state index in [1.165, 1.54) is 5.56 Å². The quantitative estimate of drug-likeness (QED) is 0.484. The summed E-state index contributed by atoms with van der Waals surface area (Å²) in [5.41, 5.74) is 2.74. The van der Waals surface area contributed by atoms with Crippen molar-refractivity contribution < 1.29 is 9.47 Å². The average Bonchev–Trinajstić information content (AvgIpc) is 3.26. The van der Waals surface area contributed by atoms with E-state index in [-0.39, 0.29) is 6.04 Å². The number of hydrogen-bond donors (Lipinski definition) is 1. The van der Waals surface area contributed by atoms with E-state index in [2.05, 4.69) is 51.5 Å². The molecule has 4 aromatic rings. The molecule has 33 heavy (non-hydrogen) atoms. The van der Waals surface area contributed by atoms with Gasteiger partial charge in [-0.3, -0.25) is 0 Å². The van der Waals surface area contributed by atoms with Gasteiger partial charge in [-0.1, -0.05) is 30.3 Å². The maximum Gasteiger partial charge on any atom is 0.247 e. The normalized spacial score (nSPS) is 16.7. The molecule has 1 aliphatic rings. The van der Waals surface area contributed by atoms with Gasteiger partial charge >= 0.3 is 0 Å². The van der Waals surface area contributed by atoms with Crippen LogP contribution in [0, 0.1) is 0 Å². The molecular weight excluding hydrogens is 418 g/mol. The van der Waals surface area contributed by atoms with Crippen molar-refractivity contribution in [2.45, 2.75) is 6.04 Å². The van der Waals surface area contributed by atoms with E-state index in [1.54, 1.807) is 24.9 Å². The van der Waals surface area contributed by atoms with Crippen molar-refractivity contribution in [3.8, 4) is 11.5 Å². The minimum Gasteiger partial charge on any atom is -0.497 e. The first-order valence-electron chi connectivity index (χ1n) is 10.9. The standard InChI is InChI=1S/C24H27N7O2/c1-29-11-12-30(21(16-29)17-7-5-4-6-8-17)22-23-27-24(28-31(23)10-9-25-22)26-18-13-19(32-2)15-20(14-18)33-3/h4-10,13-15,21H,11-12,16H2,1-3H3,(H,26,28). The molecule has 170 valence electrons. The van der Waals surface area contributed by atoms with Crippen molar-refractivity contribution in [2.75, 3.05) is 51.1 Å². The Balaban J connectivity index is 1.50. The van der Waals surface area contributed by atoms with Gasteiger partial charge in [0.2, 0.25) is 5.95 Å². The van der Waals surface area contributed by atoms with E-state index in [0.717, 1.165) is 31.1 Å². The topological polar surface area (TPSA) is 80.1 Å². The van der Waals surface area contributed by atoms with Crippen molar-refractivity contribution in [2.24, 2.45) is 0 Å². The molecule has 1 saturated heterocycles. The van der Waals surface area contributed by atoms with Gasteiger partial charge in [-0.2, -0.15) is 4.98 Å². The lowest BCUT2D eigenvalue weighted by atomic mass is 10.0. The highest BCUT2D eigenvalue weighted by Gasteiger charge is 2.29. The number of ether oxygens (including phenoxy) is 2. The van der Waals surface area contributed by atoms with E-state index < -0.39 is 0 Å². The largest absolute Gasteiger partial charge is 0.497 e. The summed E-state index contributed by atoms with van der Waals surface area (Å²) in [5, 5.41) is 7.89. The molecule has 1 unspecified atom stereocenters. The number of likely N-dealkylation sites (N-methyl/N-ethyl adjacent to an activating group) is 1. The third kappa shape index (κ3) is 4.27. The van der Waals surface area contributed by atoms with Gasteiger partial charge in [-0.05, 0) is 12.6 Å². The van der Waals surface area contributed by atoms with Crippen LogP contribution in [-0.4, -0.2) is 65.4 Å². The smallest absolute Gasteiger partial charge is 0.247 e. The minimum absolute atomic E-state index is 0.180. The summed E-state index contributed by atoms with van der Waals surface area (Å²) in [6, 6.07) is 16.3. The summed E-state index contributed by atoms with van der Waals surface area (Å²) >= 11 is 0. The Kier molecular flexibility index (Phi) is 5.70. The van der Waals surface area contributed by atoms with Crippen LogP contribution < -0.4 is 19.7 Å². The van der Waals surface area contributed by atoms with Gasteiger partial charge in [0.1, 0.15) is 11.5 Å². The molecule has 3 heterocycles. The van der Waals surface area contributed by atoms with E-state index in [1.807, 2.05) is 30.5 Å². The van der Waals surface area contributed by atoms with Crippen molar-refractivity contribution in [1.29, 1.82) is 0 Å². The van der Waals surface area contributed by atoms with Gasteiger partial charge in [0.25, 0.3) is 0 Å². The summed E-state index contributed by atoms with van der Waals surface area (Å²) in [6.07, 6.45) is 3.59. The first-order valence-corrected chi connectivity index (χ1v) is 10.9. The van der Waals surface area contributed by atoms with Crippen molar-refractivity contribution in [3.63, 3.8) is 0 Å². The maximum atomic E-state index is 5.37. The molecule has 1 aliphatic heterocycles. The lowest BCUT2D eigenvalue weighted by molar-refractivity contribution is 0.268. The van der Waals surface area contributed by atoms with Gasteiger partial charge in [0.15, 0.2) is 11.5 Å². The first-order chi connectivity index (χ1) is 16.1. The number of fused-ring (bicyclic) bond motifs is 1. The van der Waals surface area contributed by atoms with E-state index in [9.17, 15) is 0 Å². The summed E-state index contributed by atoms with van der Waals surface area (Å²) < 4.78 is 12.5.